The number of carboxylic acids is 1. The van der Waals surface area contributed by atoms with Gasteiger partial charge < -0.3 is 15.4 Å². The summed E-state index contributed by atoms with van der Waals surface area (Å²) in [6.45, 7) is 0. The molecule has 0 radical (unpaired) electrons. The zero-order valence-corrected chi connectivity index (χ0v) is 10.2. The molecule has 0 bridgehead atoms. The molecule has 0 unspecified atom stereocenters. The van der Waals surface area contributed by atoms with E-state index in [0.717, 1.165) is 0 Å². The maximum Gasteiger partial charge on any atom is 0.335 e. The van der Waals surface area contributed by atoms with E-state index >= 15 is 0 Å². The second-order valence-electron chi connectivity index (χ2n) is 4.25. The van der Waals surface area contributed by atoms with Gasteiger partial charge in [0.15, 0.2) is 0 Å². The van der Waals surface area contributed by atoms with Crippen molar-refractivity contribution in [1.29, 1.82) is 0 Å². The van der Waals surface area contributed by atoms with Gasteiger partial charge in [0.05, 0.1) is 16.6 Å². The van der Waals surface area contributed by atoms with Gasteiger partial charge in [-0.05, 0) is 42.5 Å². The third-order valence-corrected chi connectivity index (χ3v) is 2.84. The Morgan fingerprint density at radius 2 is 1.95 bits per heavy atom. The molecule has 1 heterocycles. The third kappa shape index (κ3) is 2.31. The minimum atomic E-state index is -0.991. The van der Waals surface area contributed by atoms with Crippen LogP contribution in [0, 0.1) is 5.82 Å². The molecule has 3 rings (SSSR count). The monoisotopic (exact) mass is 271 g/mol. The number of imidazole rings is 1. The van der Waals surface area contributed by atoms with Crippen LogP contribution in [0.1, 0.15) is 10.4 Å². The lowest BCUT2D eigenvalue weighted by Gasteiger charge is -2.01. The average molecular weight is 271 g/mol. The number of H-pyrrole nitrogens is 1. The number of aromatic amines is 1. The number of aromatic nitrogens is 2. The zero-order chi connectivity index (χ0) is 14.1. The summed E-state index contributed by atoms with van der Waals surface area (Å²) in [6, 6.07) is 10.5. The topological polar surface area (TPSA) is 78.0 Å². The van der Waals surface area contributed by atoms with E-state index in [9.17, 15) is 9.18 Å². The Balaban J connectivity index is 1.92. The molecule has 20 heavy (non-hydrogen) atoms. The molecule has 0 saturated carbocycles. The number of carbonyl (C=O) groups is 1. The number of hydrogen-bond acceptors (Lipinski definition) is 3. The van der Waals surface area contributed by atoms with E-state index < -0.39 is 5.97 Å². The van der Waals surface area contributed by atoms with Crippen LogP contribution in [0.25, 0.3) is 11.0 Å². The Bertz CT molecular complexity index is 781. The second-order valence-corrected chi connectivity index (χ2v) is 4.25. The van der Waals surface area contributed by atoms with Crippen LogP contribution in [-0.2, 0) is 0 Å². The molecular weight excluding hydrogens is 261 g/mol. The second kappa shape index (κ2) is 4.65. The van der Waals surface area contributed by atoms with Gasteiger partial charge in [-0.1, -0.05) is 0 Å². The van der Waals surface area contributed by atoms with Gasteiger partial charge in [-0.3, -0.25) is 0 Å². The van der Waals surface area contributed by atoms with Crippen molar-refractivity contribution in [1.82, 2.24) is 9.97 Å². The molecule has 0 aliphatic rings. The Kier molecular flexibility index (Phi) is 2.83. The number of rotatable bonds is 3. The van der Waals surface area contributed by atoms with Crippen molar-refractivity contribution >= 4 is 28.6 Å². The Morgan fingerprint density at radius 3 is 2.65 bits per heavy atom. The van der Waals surface area contributed by atoms with Crippen LogP contribution in [0.3, 0.4) is 0 Å². The Hall–Kier alpha value is -2.89. The first-order chi connectivity index (χ1) is 9.61. The molecule has 0 fully saturated rings. The smallest absolute Gasteiger partial charge is 0.335 e. The van der Waals surface area contributed by atoms with Crippen molar-refractivity contribution in [3.63, 3.8) is 0 Å². The number of nitrogens with one attached hydrogen (secondary N) is 2. The molecule has 2 aromatic carbocycles. The van der Waals surface area contributed by atoms with E-state index in [0.29, 0.717) is 22.7 Å². The number of anilines is 2. The van der Waals surface area contributed by atoms with Crippen LogP contribution in [-0.4, -0.2) is 21.0 Å². The van der Waals surface area contributed by atoms with E-state index in [1.807, 2.05) is 0 Å². The van der Waals surface area contributed by atoms with Gasteiger partial charge in [0.2, 0.25) is 5.95 Å². The SMILES string of the molecule is O=C(O)c1ccc2nc(Nc3ccc(F)cc3)[nH]c2c1. The molecule has 0 aliphatic carbocycles. The molecule has 5 nitrogen and oxygen atoms in total. The molecule has 0 amide bonds. The highest BCUT2D eigenvalue weighted by Gasteiger charge is 2.07. The average Bonchev–Trinajstić information content (AvgIpc) is 2.82. The van der Waals surface area contributed by atoms with Crippen LogP contribution >= 0.6 is 0 Å². The quantitative estimate of drug-likeness (QED) is 0.683. The fourth-order valence-corrected chi connectivity index (χ4v) is 1.87. The Labute approximate surface area is 113 Å². The summed E-state index contributed by atoms with van der Waals surface area (Å²) in [4.78, 5) is 18.1. The van der Waals surface area contributed by atoms with Crippen LogP contribution in [0.4, 0.5) is 16.0 Å². The number of hydrogen-bond donors (Lipinski definition) is 3. The summed E-state index contributed by atoms with van der Waals surface area (Å²) in [6.07, 6.45) is 0. The largest absolute Gasteiger partial charge is 0.478 e. The van der Waals surface area contributed by atoms with Crippen molar-refractivity contribution in [2.75, 3.05) is 5.32 Å². The van der Waals surface area contributed by atoms with E-state index in [4.69, 9.17) is 5.11 Å². The normalized spacial score (nSPS) is 10.7. The minimum Gasteiger partial charge on any atom is -0.478 e. The molecule has 3 aromatic rings. The van der Waals surface area contributed by atoms with Crippen molar-refractivity contribution in [3.05, 3.63) is 53.8 Å². The summed E-state index contributed by atoms with van der Waals surface area (Å²) < 4.78 is 12.8. The molecule has 100 valence electrons. The van der Waals surface area contributed by atoms with Gasteiger partial charge in [0.1, 0.15) is 5.82 Å². The van der Waals surface area contributed by atoms with Gasteiger partial charge in [-0.25, -0.2) is 14.2 Å². The first kappa shape index (κ1) is 12.2. The number of fused-ring (bicyclic) bond motifs is 1. The highest BCUT2D eigenvalue weighted by Crippen LogP contribution is 2.19. The van der Waals surface area contributed by atoms with E-state index in [2.05, 4.69) is 15.3 Å². The molecule has 0 aliphatic heterocycles. The van der Waals surface area contributed by atoms with Crippen LogP contribution in [0.2, 0.25) is 0 Å². The Morgan fingerprint density at radius 1 is 1.20 bits per heavy atom. The molecule has 6 heteroatoms. The van der Waals surface area contributed by atoms with Crippen molar-refractivity contribution in [2.45, 2.75) is 0 Å². The summed E-state index contributed by atoms with van der Waals surface area (Å²) in [5, 5.41) is 11.9. The summed E-state index contributed by atoms with van der Waals surface area (Å²) in [5.74, 6) is -0.838. The number of aromatic carboxylic acids is 1. The summed E-state index contributed by atoms with van der Waals surface area (Å²) in [5.41, 5.74) is 2.15. The lowest BCUT2D eigenvalue weighted by Crippen LogP contribution is -1.94. The van der Waals surface area contributed by atoms with Crippen molar-refractivity contribution in [3.8, 4) is 0 Å². The first-order valence-corrected chi connectivity index (χ1v) is 5.87. The van der Waals surface area contributed by atoms with E-state index in [-0.39, 0.29) is 11.4 Å². The molecule has 0 spiro atoms. The van der Waals surface area contributed by atoms with Crippen molar-refractivity contribution < 1.29 is 14.3 Å². The third-order valence-electron chi connectivity index (χ3n) is 2.84. The minimum absolute atomic E-state index is 0.189. The predicted octanol–water partition coefficient (Wildman–Crippen LogP) is 3.14. The number of carboxylic acid groups (broad SMARTS) is 1. The lowest BCUT2D eigenvalue weighted by atomic mass is 10.2. The number of nitrogens with zero attached hydrogens (tertiary/aromatic N) is 1. The number of benzene rings is 2. The van der Waals surface area contributed by atoms with Gasteiger partial charge in [0.25, 0.3) is 0 Å². The van der Waals surface area contributed by atoms with E-state index in [1.54, 1.807) is 18.2 Å². The van der Waals surface area contributed by atoms with Crippen LogP contribution < -0.4 is 5.32 Å². The maximum absolute atomic E-state index is 12.8. The molecular formula is C14H10FN3O2. The fraction of sp³-hybridized carbons (Fsp3) is 0. The predicted molar refractivity (Wildman–Crippen MR) is 72.7 cm³/mol. The lowest BCUT2D eigenvalue weighted by molar-refractivity contribution is 0.0697. The standard InChI is InChI=1S/C14H10FN3O2/c15-9-2-4-10(5-3-9)16-14-17-11-6-1-8(13(19)20)7-12(11)18-14/h1-7H,(H,19,20)(H2,16,17,18). The first-order valence-electron chi connectivity index (χ1n) is 5.87. The van der Waals surface area contributed by atoms with Gasteiger partial charge >= 0.3 is 5.97 Å². The number of halogens is 1. The highest BCUT2D eigenvalue weighted by molar-refractivity contribution is 5.92. The highest BCUT2D eigenvalue weighted by atomic mass is 19.1. The molecule has 3 N–H and O–H groups in total. The van der Waals surface area contributed by atoms with Crippen molar-refractivity contribution in [2.24, 2.45) is 0 Å². The van der Waals surface area contributed by atoms with Gasteiger partial charge in [-0.2, -0.15) is 0 Å². The summed E-state index contributed by atoms with van der Waals surface area (Å²) >= 11 is 0. The molecule has 1 aromatic heterocycles. The van der Waals surface area contributed by atoms with Gasteiger partial charge in [0, 0.05) is 5.69 Å². The fourth-order valence-electron chi connectivity index (χ4n) is 1.87. The zero-order valence-electron chi connectivity index (χ0n) is 10.2. The molecule has 0 atom stereocenters. The van der Waals surface area contributed by atoms with Crippen LogP contribution in [0.15, 0.2) is 42.5 Å². The van der Waals surface area contributed by atoms with Gasteiger partial charge in [-0.15, -0.1) is 0 Å². The van der Waals surface area contributed by atoms with E-state index in [1.165, 1.54) is 24.3 Å². The summed E-state index contributed by atoms with van der Waals surface area (Å²) in [7, 11) is 0. The van der Waals surface area contributed by atoms with Crippen LogP contribution in [0.5, 0.6) is 0 Å². The molecule has 0 saturated heterocycles. The maximum atomic E-state index is 12.8.